The summed E-state index contributed by atoms with van der Waals surface area (Å²) in [5.41, 5.74) is 0.232. The second kappa shape index (κ2) is 3.83. The second-order valence-corrected chi connectivity index (χ2v) is 4.34. The van der Waals surface area contributed by atoms with E-state index in [4.69, 9.17) is 6.42 Å². The zero-order chi connectivity index (χ0) is 9.90. The average Bonchev–Trinajstić information content (AvgIpc) is 2.69. The van der Waals surface area contributed by atoms with Gasteiger partial charge in [-0.1, -0.05) is 13.8 Å². The van der Waals surface area contributed by atoms with Crippen LogP contribution in [-0.2, 0) is 4.79 Å². The summed E-state index contributed by atoms with van der Waals surface area (Å²) in [7, 11) is 0. The highest BCUT2D eigenvalue weighted by molar-refractivity contribution is 5.82. The SMILES string of the molecule is C#CCCCNC(=O)C1CC1(C)C. The first-order valence-corrected chi connectivity index (χ1v) is 4.79. The molecule has 72 valence electrons. The molecule has 1 aliphatic rings. The van der Waals surface area contributed by atoms with E-state index >= 15 is 0 Å². The van der Waals surface area contributed by atoms with Crippen LogP contribution in [0.5, 0.6) is 0 Å². The maximum atomic E-state index is 11.4. The Morgan fingerprint density at radius 2 is 2.31 bits per heavy atom. The van der Waals surface area contributed by atoms with Crippen LogP contribution in [0.25, 0.3) is 0 Å². The molecule has 0 aromatic carbocycles. The summed E-state index contributed by atoms with van der Waals surface area (Å²) in [4.78, 5) is 11.4. The highest BCUT2D eigenvalue weighted by atomic mass is 16.2. The first-order valence-electron chi connectivity index (χ1n) is 4.79. The van der Waals surface area contributed by atoms with E-state index in [-0.39, 0.29) is 17.2 Å². The third kappa shape index (κ3) is 2.77. The summed E-state index contributed by atoms with van der Waals surface area (Å²) in [6, 6.07) is 0. The van der Waals surface area contributed by atoms with Crippen LogP contribution in [0.4, 0.5) is 0 Å². The molecule has 0 aliphatic heterocycles. The molecule has 0 bridgehead atoms. The molecule has 0 aromatic heterocycles. The lowest BCUT2D eigenvalue weighted by Gasteiger charge is -2.04. The van der Waals surface area contributed by atoms with Crippen molar-refractivity contribution in [2.45, 2.75) is 33.1 Å². The first kappa shape index (κ1) is 10.1. The molecule has 2 nitrogen and oxygen atoms in total. The maximum absolute atomic E-state index is 11.4. The van der Waals surface area contributed by atoms with E-state index in [1.165, 1.54) is 0 Å². The minimum atomic E-state index is 0.196. The van der Waals surface area contributed by atoms with Gasteiger partial charge in [0.05, 0.1) is 0 Å². The van der Waals surface area contributed by atoms with Crippen LogP contribution in [0.3, 0.4) is 0 Å². The maximum Gasteiger partial charge on any atom is 0.223 e. The van der Waals surface area contributed by atoms with Gasteiger partial charge in [0.25, 0.3) is 0 Å². The third-order valence-electron chi connectivity index (χ3n) is 2.63. The molecule has 0 heterocycles. The Labute approximate surface area is 80.1 Å². The minimum absolute atomic E-state index is 0.196. The fraction of sp³-hybridized carbons (Fsp3) is 0.727. The summed E-state index contributed by atoms with van der Waals surface area (Å²) in [5, 5.41) is 2.90. The normalized spacial score (nSPS) is 23.3. The Morgan fingerprint density at radius 1 is 1.69 bits per heavy atom. The Morgan fingerprint density at radius 3 is 2.77 bits per heavy atom. The van der Waals surface area contributed by atoms with Crippen LogP contribution in [0.15, 0.2) is 0 Å². The van der Waals surface area contributed by atoms with Gasteiger partial charge < -0.3 is 5.32 Å². The Kier molecular flexibility index (Phi) is 2.98. The molecule has 1 fully saturated rings. The van der Waals surface area contributed by atoms with Crippen molar-refractivity contribution in [3.8, 4) is 12.3 Å². The van der Waals surface area contributed by atoms with Gasteiger partial charge in [-0.2, -0.15) is 0 Å². The molecule has 1 saturated carbocycles. The molecule has 1 aliphatic carbocycles. The van der Waals surface area contributed by atoms with Gasteiger partial charge in [-0.15, -0.1) is 12.3 Å². The van der Waals surface area contributed by atoms with Gasteiger partial charge in [0.15, 0.2) is 0 Å². The number of hydrogen-bond acceptors (Lipinski definition) is 1. The predicted octanol–water partition coefficient (Wildman–Crippen LogP) is 1.56. The molecule has 1 rings (SSSR count). The average molecular weight is 179 g/mol. The molecule has 0 saturated heterocycles. The van der Waals surface area contributed by atoms with E-state index in [0.29, 0.717) is 0 Å². The van der Waals surface area contributed by atoms with Gasteiger partial charge in [-0.05, 0) is 18.3 Å². The summed E-state index contributed by atoms with van der Waals surface area (Å²) in [5.74, 6) is 2.98. The Balaban J connectivity index is 2.11. The first-order chi connectivity index (χ1) is 6.08. The topological polar surface area (TPSA) is 29.1 Å². The Hall–Kier alpha value is -0.970. The fourth-order valence-electron chi connectivity index (χ4n) is 1.44. The van der Waals surface area contributed by atoms with E-state index in [1.54, 1.807) is 0 Å². The molecule has 0 radical (unpaired) electrons. The molecule has 2 heteroatoms. The number of amides is 1. The molecule has 1 N–H and O–H groups in total. The number of carbonyl (C=O) groups is 1. The van der Waals surface area contributed by atoms with E-state index in [0.717, 1.165) is 25.8 Å². The number of unbranched alkanes of at least 4 members (excludes halogenated alkanes) is 1. The van der Waals surface area contributed by atoms with Crippen molar-refractivity contribution < 1.29 is 4.79 Å². The monoisotopic (exact) mass is 179 g/mol. The largest absolute Gasteiger partial charge is 0.356 e. The fourth-order valence-corrected chi connectivity index (χ4v) is 1.44. The van der Waals surface area contributed by atoms with Crippen molar-refractivity contribution in [2.75, 3.05) is 6.54 Å². The van der Waals surface area contributed by atoms with Gasteiger partial charge in [0.2, 0.25) is 5.91 Å². The van der Waals surface area contributed by atoms with Crippen LogP contribution >= 0.6 is 0 Å². The smallest absolute Gasteiger partial charge is 0.223 e. The highest BCUT2D eigenvalue weighted by Crippen LogP contribution is 2.51. The van der Waals surface area contributed by atoms with Crippen molar-refractivity contribution in [1.29, 1.82) is 0 Å². The van der Waals surface area contributed by atoms with Crippen molar-refractivity contribution >= 4 is 5.91 Å². The van der Waals surface area contributed by atoms with E-state index in [9.17, 15) is 4.79 Å². The molecule has 0 aromatic rings. The van der Waals surface area contributed by atoms with Gasteiger partial charge in [-0.25, -0.2) is 0 Å². The van der Waals surface area contributed by atoms with Crippen molar-refractivity contribution in [2.24, 2.45) is 11.3 Å². The van der Waals surface area contributed by atoms with Crippen LogP contribution in [-0.4, -0.2) is 12.5 Å². The van der Waals surface area contributed by atoms with Gasteiger partial charge in [-0.3, -0.25) is 4.79 Å². The number of terminal acetylenes is 1. The zero-order valence-corrected chi connectivity index (χ0v) is 8.39. The standard InChI is InChI=1S/C11H17NO/c1-4-5-6-7-12-10(13)9-8-11(9,2)3/h1,9H,5-8H2,2-3H3,(H,12,13). The molecule has 1 atom stereocenters. The van der Waals surface area contributed by atoms with Crippen LogP contribution in [0.2, 0.25) is 0 Å². The van der Waals surface area contributed by atoms with Crippen LogP contribution in [0, 0.1) is 23.7 Å². The summed E-state index contributed by atoms with van der Waals surface area (Å²) in [6.07, 6.45) is 7.75. The zero-order valence-electron chi connectivity index (χ0n) is 8.39. The number of rotatable bonds is 4. The third-order valence-corrected chi connectivity index (χ3v) is 2.63. The second-order valence-electron chi connectivity index (χ2n) is 4.34. The molecule has 1 amide bonds. The molecule has 13 heavy (non-hydrogen) atoms. The van der Waals surface area contributed by atoms with E-state index in [2.05, 4.69) is 25.1 Å². The van der Waals surface area contributed by atoms with Crippen molar-refractivity contribution in [3.63, 3.8) is 0 Å². The summed E-state index contributed by atoms with van der Waals surface area (Å²) < 4.78 is 0. The molecule has 1 unspecified atom stereocenters. The van der Waals surface area contributed by atoms with Crippen molar-refractivity contribution in [3.05, 3.63) is 0 Å². The van der Waals surface area contributed by atoms with Crippen LogP contribution < -0.4 is 5.32 Å². The molecular formula is C11H17NO. The number of nitrogens with one attached hydrogen (secondary N) is 1. The lowest BCUT2D eigenvalue weighted by Crippen LogP contribution is -2.27. The van der Waals surface area contributed by atoms with Gasteiger partial charge in [0.1, 0.15) is 0 Å². The predicted molar refractivity (Wildman–Crippen MR) is 53.0 cm³/mol. The lowest BCUT2D eigenvalue weighted by atomic mass is 10.1. The van der Waals surface area contributed by atoms with Gasteiger partial charge >= 0.3 is 0 Å². The summed E-state index contributed by atoms with van der Waals surface area (Å²) in [6.45, 7) is 4.97. The van der Waals surface area contributed by atoms with E-state index in [1.807, 2.05) is 0 Å². The van der Waals surface area contributed by atoms with Gasteiger partial charge in [0, 0.05) is 18.9 Å². The summed E-state index contributed by atoms with van der Waals surface area (Å²) >= 11 is 0. The van der Waals surface area contributed by atoms with Crippen LogP contribution in [0.1, 0.15) is 33.1 Å². The van der Waals surface area contributed by atoms with Crippen molar-refractivity contribution in [1.82, 2.24) is 5.32 Å². The molecule has 0 spiro atoms. The number of carbonyl (C=O) groups excluding carboxylic acids is 1. The lowest BCUT2D eigenvalue weighted by molar-refractivity contribution is -0.122. The quantitative estimate of drug-likeness (QED) is 0.515. The number of hydrogen-bond donors (Lipinski definition) is 1. The highest BCUT2D eigenvalue weighted by Gasteiger charge is 2.50. The molecular weight excluding hydrogens is 162 g/mol. The Bertz CT molecular complexity index is 237. The minimum Gasteiger partial charge on any atom is -0.356 e. The van der Waals surface area contributed by atoms with E-state index < -0.39 is 0 Å².